The summed E-state index contributed by atoms with van der Waals surface area (Å²) in [7, 11) is 0. The van der Waals surface area contributed by atoms with E-state index in [-0.39, 0.29) is 11.0 Å². The number of fused-ring (bicyclic) bond motifs is 1. The molecule has 0 saturated heterocycles. The Labute approximate surface area is 145 Å². The minimum absolute atomic E-state index is 0.0693. The van der Waals surface area contributed by atoms with E-state index in [1.54, 1.807) is 19.2 Å². The molecule has 2 aromatic rings. The number of carbonyl (C=O) groups is 1. The van der Waals surface area contributed by atoms with Gasteiger partial charge in [0.25, 0.3) is 0 Å². The number of benzene rings is 2. The summed E-state index contributed by atoms with van der Waals surface area (Å²) < 4.78 is 18.9. The zero-order valence-corrected chi connectivity index (χ0v) is 14.0. The van der Waals surface area contributed by atoms with Gasteiger partial charge in [0, 0.05) is 24.9 Å². The van der Waals surface area contributed by atoms with Crippen molar-refractivity contribution in [3.8, 4) is 0 Å². The third kappa shape index (κ3) is 3.44. The van der Waals surface area contributed by atoms with Crippen LogP contribution in [0.1, 0.15) is 18.1 Å². The molecule has 0 fully saturated rings. The third-order valence-electron chi connectivity index (χ3n) is 3.86. The first-order chi connectivity index (χ1) is 11.6. The maximum absolute atomic E-state index is 13.9. The summed E-state index contributed by atoms with van der Waals surface area (Å²) >= 11 is 5.95. The average Bonchev–Trinajstić information content (AvgIpc) is 2.57. The van der Waals surface area contributed by atoms with Gasteiger partial charge in [0.2, 0.25) is 0 Å². The van der Waals surface area contributed by atoms with Gasteiger partial charge in [0.05, 0.1) is 17.2 Å². The molecule has 0 atom stereocenters. The molecule has 2 aromatic carbocycles. The van der Waals surface area contributed by atoms with Gasteiger partial charge in [-0.3, -0.25) is 0 Å². The lowest BCUT2D eigenvalue weighted by atomic mass is 9.98. The smallest absolute Gasteiger partial charge is 0.335 e. The van der Waals surface area contributed by atoms with Crippen molar-refractivity contribution in [2.75, 3.05) is 11.5 Å². The second kappa shape index (κ2) is 7.05. The van der Waals surface area contributed by atoms with Gasteiger partial charge in [-0.2, -0.15) is 0 Å². The molecule has 0 bridgehead atoms. The monoisotopic (exact) mass is 345 g/mol. The first kappa shape index (κ1) is 16.5. The van der Waals surface area contributed by atoms with Crippen molar-refractivity contribution in [3.63, 3.8) is 0 Å². The first-order valence-electron chi connectivity index (χ1n) is 7.74. The zero-order valence-electron chi connectivity index (χ0n) is 13.3. The molecule has 0 aromatic heterocycles. The van der Waals surface area contributed by atoms with Crippen molar-refractivity contribution < 1.29 is 13.9 Å². The van der Waals surface area contributed by atoms with Crippen LogP contribution >= 0.6 is 11.6 Å². The summed E-state index contributed by atoms with van der Waals surface area (Å²) in [6.07, 6.45) is 2.09. The van der Waals surface area contributed by atoms with Crippen molar-refractivity contribution in [1.29, 1.82) is 0 Å². The van der Waals surface area contributed by atoms with Crippen LogP contribution in [-0.2, 0) is 22.5 Å². The lowest BCUT2D eigenvalue weighted by molar-refractivity contribution is -0.138. The molecular formula is C19H17ClFNO2. The predicted molar refractivity (Wildman–Crippen MR) is 92.5 cm³/mol. The first-order valence-corrected chi connectivity index (χ1v) is 8.12. The number of ether oxygens (including phenoxy) is 1. The molecule has 0 saturated carbocycles. The highest BCUT2D eigenvalue weighted by atomic mass is 35.5. The molecule has 1 heterocycles. The molecule has 0 N–H and O–H groups in total. The van der Waals surface area contributed by atoms with Crippen LogP contribution < -0.4 is 4.90 Å². The van der Waals surface area contributed by atoms with Gasteiger partial charge >= 0.3 is 5.97 Å². The van der Waals surface area contributed by atoms with Gasteiger partial charge in [-0.1, -0.05) is 41.9 Å². The Morgan fingerprint density at radius 3 is 2.75 bits per heavy atom. The molecular weight excluding hydrogens is 329 g/mol. The van der Waals surface area contributed by atoms with E-state index >= 15 is 0 Å². The van der Waals surface area contributed by atoms with E-state index in [1.165, 1.54) is 6.07 Å². The summed E-state index contributed by atoms with van der Waals surface area (Å²) in [6.45, 7) is 2.62. The molecule has 1 aliphatic rings. The Hall–Kier alpha value is -2.33. The quantitative estimate of drug-likeness (QED) is 0.765. The van der Waals surface area contributed by atoms with Gasteiger partial charge < -0.3 is 9.64 Å². The normalized spacial score (nSPS) is 13.3. The fourth-order valence-electron chi connectivity index (χ4n) is 2.75. The molecule has 124 valence electrons. The molecule has 0 radical (unpaired) electrons. The minimum Gasteiger partial charge on any atom is -0.463 e. The minimum atomic E-state index is -0.486. The fourth-order valence-corrected chi connectivity index (χ4v) is 2.91. The van der Waals surface area contributed by atoms with Crippen molar-refractivity contribution in [1.82, 2.24) is 0 Å². The molecule has 5 heteroatoms. The van der Waals surface area contributed by atoms with Crippen LogP contribution in [0.25, 0.3) is 0 Å². The Bertz CT molecular complexity index is 789. The summed E-state index contributed by atoms with van der Waals surface area (Å²) in [5.41, 5.74) is 3.10. The van der Waals surface area contributed by atoms with Crippen LogP contribution in [0.4, 0.5) is 10.1 Å². The van der Waals surface area contributed by atoms with Gasteiger partial charge in [0.1, 0.15) is 5.82 Å². The van der Waals surface area contributed by atoms with Crippen molar-refractivity contribution >= 4 is 23.3 Å². The highest BCUT2D eigenvalue weighted by molar-refractivity contribution is 6.31. The number of nitrogens with zero attached hydrogens (tertiary/aromatic N) is 1. The lowest BCUT2D eigenvalue weighted by Crippen LogP contribution is -2.25. The summed E-state index contributed by atoms with van der Waals surface area (Å²) in [5, 5.41) is 0.0693. The second-order valence-corrected chi connectivity index (χ2v) is 5.97. The van der Waals surface area contributed by atoms with Crippen LogP contribution in [0.3, 0.4) is 0 Å². The second-order valence-electron chi connectivity index (χ2n) is 5.56. The van der Waals surface area contributed by atoms with Crippen molar-refractivity contribution in [2.45, 2.75) is 19.9 Å². The van der Waals surface area contributed by atoms with Crippen molar-refractivity contribution in [3.05, 3.63) is 76.2 Å². The molecule has 0 aliphatic carbocycles. The van der Waals surface area contributed by atoms with E-state index in [9.17, 15) is 9.18 Å². The van der Waals surface area contributed by atoms with Gasteiger partial charge in [-0.05, 0) is 30.2 Å². The molecule has 3 rings (SSSR count). The van der Waals surface area contributed by atoms with E-state index in [2.05, 4.69) is 0 Å². The van der Waals surface area contributed by atoms with Gasteiger partial charge in [-0.25, -0.2) is 9.18 Å². The number of esters is 1. The maximum Gasteiger partial charge on any atom is 0.335 e. The van der Waals surface area contributed by atoms with E-state index in [0.717, 1.165) is 16.8 Å². The molecule has 1 aliphatic heterocycles. The number of anilines is 1. The van der Waals surface area contributed by atoms with Gasteiger partial charge in [-0.15, -0.1) is 0 Å². The SMILES string of the molecule is CCOC(=O)C1=CN(Cc2ccccc2)c2cc(Cl)c(F)cc2C1. The summed E-state index contributed by atoms with van der Waals surface area (Å²) in [4.78, 5) is 14.0. The number of rotatable bonds is 4. The zero-order chi connectivity index (χ0) is 17.1. The van der Waals surface area contributed by atoms with Crippen molar-refractivity contribution in [2.24, 2.45) is 0 Å². The van der Waals surface area contributed by atoms with Gasteiger partial charge in [0.15, 0.2) is 0 Å². The Balaban J connectivity index is 1.99. The lowest BCUT2D eigenvalue weighted by Gasteiger charge is -2.29. The largest absolute Gasteiger partial charge is 0.463 e. The average molecular weight is 346 g/mol. The van der Waals surface area contributed by atoms with Crippen LogP contribution in [0.15, 0.2) is 54.2 Å². The van der Waals surface area contributed by atoms with E-state index in [1.807, 2.05) is 35.2 Å². The molecule has 24 heavy (non-hydrogen) atoms. The molecule has 0 amide bonds. The van der Waals surface area contributed by atoms with Crippen LogP contribution in [-0.4, -0.2) is 12.6 Å². The van der Waals surface area contributed by atoms with Crippen LogP contribution in [0.5, 0.6) is 0 Å². The molecule has 0 spiro atoms. The fraction of sp³-hybridized carbons (Fsp3) is 0.211. The number of halogens is 2. The van der Waals surface area contributed by atoms with E-state index in [4.69, 9.17) is 16.3 Å². The Morgan fingerprint density at radius 1 is 1.29 bits per heavy atom. The number of hydrogen-bond donors (Lipinski definition) is 0. The van der Waals surface area contributed by atoms with E-state index < -0.39 is 5.82 Å². The third-order valence-corrected chi connectivity index (χ3v) is 4.15. The highest BCUT2D eigenvalue weighted by Gasteiger charge is 2.24. The van der Waals surface area contributed by atoms with Crippen LogP contribution in [0, 0.1) is 5.82 Å². The summed E-state index contributed by atoms with van der Waals surface area (Å²) in [5.74, 6) is -0.864. The number of carbonyl (C=O) groups excluding carboxylic acids is 1. The Morgan fingerprint density at radius 2 is 2.04 bits per heavy atom. The van der Waals surface area contributed by atoms with E-state index in [0.29, 0.717) is 25.1 Å². The Kier molecular flexibility index (Phi) is 4.86. The maximum atomic E-state index is 13.9. The summed E-state index contributed by atoms with van der Waals surface area (Å²) in [6, 6.07) is 12.8. The standard InChI is InChI=1S/C19H17ClFNO2/c1-2-24-19(23)15-8-14-9-17(21)16(20)10-18(14)22(12-15)11-13-6-4-3-5-7-13/h3-7,9-10,12H,2,8,11H2,1H3. The molecule has 0 unspecified atom stereocenters. The topological polar surface area (TPSA) is 29.5 Å². The number of hydrogen-bond acceptors (Lipinski definition) is 3. The predicted octanol–water partition coefficient (Wildman–Crippen LogP) is 4.49. The molecule has 3 nitrogen and oxygen atoms in total. The van der Waals surface area contributed by atoms with Crippen LogP contribution in [0.2, 0.25) is 5.02 Å². The highest BCUT2D eigenvalue weighted by Crippen LogP contribution is 2.34.